The SMILES string of the molecule is Cc1cccnc1NC(=O)c1n[nH]c2ccc(-c3cncc(CN4CCOCC4)c3)cc12. The first-order valence-corrected chi connectivity index (χ1v) is 10.6. The predicted molar refractivity (Wildman–Crippen MR) is 122 cm³/mol. The number of amides is 1. The van der Waals surface area contributed by atoms with Crippen molar-refractivity contribution in [3.8, 4) is 11.1 Å². The van der Waals surface area contributed by atoms with Crippen LogP contribution >= 0.6 is 0 Å². The first-order chi connectivity index (χ1) is 15.7. The van der Waals surface area contributed by atoms with E-state index in [1.165, 1.54) is 0 Å². The van der Waals surface area contributed by atoms with E-state index in [2.05, 4.69) is 36.4 Å². The van der Waals surface area contributed by atoms with Gasteiger partial charge < -0.3 is 10.1 Å². The number of hydrogen-bond donors (Lipinski definition) is 2. The van der Waals surface area contributed by atoms with Crippen LogP contribution in [-0.4, -0.2) is 57.3 Å². The van der Waals surface area contributed by atoms with E-state index in [9.17, 15) is 4.79 Å². The predicted octanol–water partition coefficient (Wildman–Crippen LogP) is 3.41. The average Bonchev–Trinajstić information content (AvgIpc) is 3.25. The summed E-state index contributed by atoms with van der Waals surface area (Å²) in [5.74, 6) is 0.235. The summed E-state index contributed by atoms with van der Waals surface area (Å²) < 4.78 is 5.44. The number of carbonyl (C=O) groups is 1. The highest BCUT2D eigenvalue weighted by molar-refractivity contribution is 6.11. The molecule has 1 saturated heterocycles. The number of aromatic amines is 1. The lowest BCUT2D eigenvalue weighted by Crippen LogP contribution is -2.35. The van der Waals surface area contributed by atoms with E-state index in [1.807, 2.05) is 49.6 Å². The Balaban J connectivity index is 1.42. The lowest BCUT2D eigenvalue weighted by atomic mass is 10.0. The van der Waals surface area contributed by atoms with Gasteiger partial charge in [-0.1, -0.05) is 12.1 Å². The number of benzene rings is 1. The zero-order chi connectivity index (χ0) is 21.9. The average molecular weight is 428 g/mol. The molecule has 4 aromatic rings. The van der Waals surface area contributed by atoms with E-state index in [-0.39, 0.29) is 5.91 Å². The third-order valence-corrected chi connectivity index (χ3v) is 5.66. The van der Waals surface area contributed by atoms with E-state index >= 15 is 0 Å². The van der Waals surface area contributed by atoms with Gasteiger partial charge in [-0.25, -0.2) is 4.98 Å². The van der Waals surface area contributed by atoms with Gasteiger partial charge in [0.2, 0.25) is 0 Å². The van der Waals surface area contributed by atoms with Crippen LogP contribution in [0.15, 0.2) is 55.0 Å². The quantitative estimate of drug-likeness (QED) is 0.506. The molecule has 4 heterocycles. The number of fused-ring (bicyclic) bond motifs is 1. The van der Waals surface area contributed by atoms with Gasteiger partial charge in [-0.05, 0) is 47.9 Å². The Morgan fingerprint density at radius 1 is 1.16 bits per heavy atom. The van der Waals surface area contributed by atoms with Crippen molar-refractivity contribution in [1.29, 1.82) is 0 Å². The molecule has 0 unspecified atom stereocenters. The zero-order valence-electron chi connectivity index (χ0n) is 17.8. The van der Waals surface area contributed by atoms with Gasteiger partial charge in [0.25, 0.3) is 5.91 Å². The lowest BCUT2D eigenvalue weighted by molar-refractivity contribution is 0.0341. The highest BCUT2D eigenvalue weighted by atomic mass is 16.5. The molecule has 0 atom stereocenters. The molecule has 0 spiro atoms. The summed E-state index contributed by atoms with van der Waals surface area (Å²) in [5, 5.41) is 10.8. The van der Waals surface area contributed by atoms with Crippen molar-refractivity contribution in [2.75, 3.05) is 31.6 Å². The Labute approximate surface area is 185 Å². The van der Waals surface area contributed by atoms with Crippen molar-refractivity contribution in [3.05, 3.63) is 71.8 Å². The minimum atomic E-state index is -0.297. The number of nitrogens with one attached hydrogen (secondary N) is 2. The maximum atomic E-state index is 12.9. The van der Waals surface area contributed by atoms with Crippen LogP contribution in [0.25, 0.3) is 22.0 Å². The van der Waals surface area contributed by atoms with Crippen LogP contribution in [0.1, 0.15) is 21.6 Å². The summed E-state index contributed by atoms with van der Waals surface area (Å²) in [6, 6.07) is 11.8. The first-order valence-electron chi connectivity index (χ1n) is 10.6. The van der Waals surface area contributed by atoms with Crippen molar-refractivity contribution in [2.24, 2.45) is 0 Å². The van der Waals surface area contributed by atoms with Gasteiger partial charge >= 0.3 is 0 Å². The zero-order valence-corrected chi connectivity index (χ0v) is 17.8. The summed E-state index contributed by atoms with van der Waals surface area (Å²) in [6.07, 6.45) is 5.41. The number of rotatable bonds is 5. The number of aromatic nitrogens is 4. The Kier molecular flexibility index (Phi) is 5.62. The number of aryl methyl sites for hydroxylation is 1. The minimum absolute atomic E-state index is 0.297. The van der Waals surface area contributed by atoms with Crippen molar-refractivity contribution in [2.45, 2.75) is 13.5 Å². The largest absolute Gasteiger partial charge is 0.379 e. The molecule has 1 amide bonds. The minimum Gasteiger partial charge on any atom is -0.379 e. The molecule has 0 aliphatic carbocycles. The van der Waals surface area contributed by atoms with Crippen molar-refractivity contribution in [1.82, 2.24) is 25.1 Å². The third kappa shape index (κ3) is 4.23. The van der Waals surface area contributed by atoms with Crippen LogP contribution in [0.2, 0.25) is 0 Å². The van der Waals surface area contributed by atoms with Crippen LogP contribution in [0.3, 0.4) is 0 Å². The summed E-state index contributed by atoms with van der Waals surface area (Å²) in [4.78, 5) is 24.0. The fourth-order valence-corrected chi connectivity index (χ4v) is 3.90. The third-order valence-electron chi connectivity index (χ3n) is 5.66. The number of nitrogens with zero attached hydrogens (tertiary/aromatic N) is 4. The molecule has 0 radical (unpaired) electrons. The molecule has 1 aliphatic heterocycles. The molecule has 1 aliphatic rings. The molecule has 0 bridgehead atoms. The molecule has 1 aromatic carbocycles. The van der Waals surface area contributed by atoms with E-state index in [0.29, 0.717) is 11.5 Å². The summed E-state index contributed by atoms with van der Waals surface area (Å²) in [7, 11) is 0. The van der Waals surface area contributed by atoms with Crippen LogP contribution in [0.5, 0.6) is 0 Å². The molecular formula is C24H24N6O2. The van der Waals surface area contributed by atoms with Crippen LogP contribution in [0, 0.1) is 6.92 Å². The van der Waals surface area contributed by atoms with Crippen molar-refractivity contribution >= 4 is 22.6 Å². The molecule has 162 valence electrons. The van der Waals surface area contributed by atoms with E-state index in [4.69, 9.17) is 4.74 Å². The fraction of sp³-hybridized carbons (Fsp3) is 0.250. The Morgan fingerprint density at radius 3 is 2.88 bits per heavy atom. The summed E-state index contributed by atoms with van der Waals surface area (Å²) >= 11 is 0. The van der Waals surface area contributed by atoms with Crippen molar-refractivity contribution in [3.63, 3.8) is 0 Å². The van der Waals surface area contributed by atoms with Crippen LogP contribution < -0.4 is 5.32 Å². The normalized spacial score (nSPS) is 14.5. The summed E-state index contributed by atoms with van der Waals surface area (Å²) in [5.41, 5.74) is 5.17. The Bertz CT molecular complexity index is 1260. The Hall–Kier alpha value is -3.62. The van der Waals surface area contributed by atoms with Gasteiger partial charge in [-0.15, -0.1) is 0 Å². The Morgan fingerprint density at radius 2 is 2.03 bits per heavy atom. The van der Waals surface area contributed by atoms with Gasteiger partial charge in [0.15, 0.2) is 5.69 Å². The van der Waals surface area contributed by atoms with E-state index in [1.54, 1.807) is 6.20 Å². The molecule has 3 aromatic heterocycles. The molecule has 32 heavy (non-hydrogen) atoms. The molecule has 2 N–H and O–H groups in total. The van der Waals surface area contributed by atoms with Crippen molar-refractivity contribution < 1.29 is 9.53 Å². The number of H-pyrrole nitrogens is 1. The van der Waals surface area contributed by atoms with E-state index in [0.717, 1.165) is 66.0 Å². The smallest absolute Gasteiger partial charge is 0.277 e. The first kappa shape index (κ1) is 20.3. The highest BCUT2D eigenvalue weighted by Crippen LogP contribution is 2.26. The molecule has 1 fully saturated rings. The molecule has 8 nitrogen and oxygen atoms in total. The van der Waals surface area contributed by atoms with Gasteiger partial charge in [-0.2, -0.15) is 5.10 Å². The monoisotopic (exact) mass is 428 g/mol. The lowest BCUT2D eigenvalue weighted by Gasteiger charge is -2.26. The van der Waals surface area contributed by atoms with Crippen LogP contribution in [-0.2, 0) is 11.3 Å². The second kappa shape index (κ2) is 8.86. The number of carbonyl (C=O) groups excluding carboxylic acids is 1. The molecule has 5 rings (SSSR count). The number of hydrogen-bond acceptors (Lipinski definition) is 6. The van der Waals surface area contributed by atoms with Gasteiger partial charge in [0, 0.05) is 49.2 Å². The number of anilines is 1. The second-order valence-corrected chi connectivity index (χ2v) is 7.93. The van der Waals surface area contributed by atoms with Gasteiger partial charge in [-0.3, -0.25) is 19.8 Å². The molecular weight excluding hydrogens is 404 g/mol. The second-order valence-electron chi connectivity index (χ2n) is 7.93. The maximum absolute atomic E-state index is 12.9. The van der Waals surface area contributed by atoms with Gasteiger partial charge in [0.1, 0.15) is 5.82 Å². The van der Waals surface area contributed by atoms with Gasteiger partial charge in [0.05, 0.1) is 18.7 Å². The standard InChI is InChI=1S/C24H24N6O2/c1-16-3-2-6-26-23(16)27-24(31)22-20-12-18(4-5-21(20)28-29-22)19-11-17(13-25-14-19)15-30-7-9-32-10-8-30/h2-6,11-14H,7-10,15H2,1H3,(H,28,29)(H,26,27,31). The maximum Gasteiger partial charge on any atom is 0.277 e. The number of morpholine rings is 1. The summed E-state index contributed by atoms with van der Waals surface area (Å²) in [6.45, 7) is 6.15. The molecule has 8 heteroatoms. The number of pyridine rings is 2. The number of ether oxygens (including phenoxy) is 1. The topological polar surface area (TPSA) is 96.0 Å². The van der Waals surface area contributed by atoms with E-state index < -0.39 is 0 Å². The molecule has 0 saturated carbocycles. The fourth-order valence-electron chi connectivity index (χ4n) is 3.90. The highest BCUT2D eigenvalue weighted by Gasteiger charge is 2.17. The van der Waals surface area contributed by atoms with Crippen LogP contribution in [0.4, 0.5) is 5.82 Å².